The first-order valence-electron chi connectivity index (χ1n) is 5.51. The summed E-state index contributed by atoms with van der Waals surface area (Å²) < 4.78 is 0. The van der Waals surface area contributed by atoms with E-state index in [1.807, 2.05) is 0 Å². The normalized spacial score (nSPS) is 19.6. The molecule has 0 aromatic rings. The van der Waals surface area contributed by atoms with E-state index >= 15 is 0 Å². The maximum atomic E-state index is 11.6. The van der Waals surface area contributed by atoms with Crippen LogP contribution in [0.2, 0.25) is 0 Å². The number of thioether (sulfide) groups is 1. The molecule has 1 heterocycles. The highest BCUT2D eigenvalue weighted by Gasteiger charge is 2.31. The number of hydrogen-bond acceptors (Lipinski definition) is 4. The van der Waals surface area contributed by atoms with Gasteiger partial charge in [0.1, 0.15) is 0 Å². The minimum Gasteiger partial charge on any atom is -0.347 e. The zero-order chi connectivity index (χ0) is 13.0. The van der Waals surface area contributed by atoms with Crippen LogP contribution < -0.4 is 0 Å². The highest BCUT2D eigenvalue weighted by atomic mass is 32.2. The van der Waals surface area contributed by atoms with E-state index in [2.05, 4.69) is 0 Å². The smallest absolute Gasteiger partial charge is 0.241 e. The Labute approximate surface area is 106 Å². The lowest BCUT2D eigenvalue weighted by atomic mass is 10.1. The highest BCUT2D eigenvalue weighted by molar-refractivity contribution is 8.13. The van der Waals surface area contributed by atoms with Crippen LogP contribution in [0.25, 0.3) is 0 Å². The van der Waals surface area contributed by atoms with Crippen molar-refractivity contribution in [3.05, 3.63) is 0 Å². The van der Waals surface area contributed by atoms with E-state index in [-0.39, 0.29) is 29.4 Å². The average molecular weight is 258 g/mol. The summed E-state index contributed by atoms with van der Waals surface area (Å²) in [6, 6.07) is 0. The monoisotopic (exact) mass is 258 g/mol. The number of nitrogens with zero attached hydrogens (tertiary/aromatic N) is 2. The van der Waals surface area contributed by atoms with Crippen molar-refractivity contribution in [1.29, 1.82) is 0 Å². The second-order valence-corrected chi connectivity index (χ2v) is 5.63. The summed E-state index contributed by atoms with van der Waals surface area (Å²) in [5.74, 6) is 0.784. The molecule has 0 bridgehead atoms. The Morgan fingerprint density at radius 1 is 1.47 bits per heavy atom. The van der Waals surface area contributed by atoms with Gasteiger partial charge in [-0.2, -0.15) is 0 Å². The number of likely N-dealkylation sites (N-methyl/N-ethyl adjacent to an activating group) is 1. The molecule has 1 rings (SSSR count). The molecule has 1 atom stereocenters. The van der Waals surface area contributed by atoms with Crippen LogP contribution in [0, 0.1) is 5.92 Å². The van der Waals surface area contributed by atoms with Crippen LogP contribution in [0.3, 0.4) is 0 Å². The number of likely N-dealkylation sites (tertiary alicyclic amines) is 1. The van der Waals surface area contributed by atoms with Gasteiger partial charge in [-0.3, -0.25) is 14.4 Å². The first-order chi connectivity index (χ1) is 7.90. The Balaban J connectivity index is 2.41. The zero-order valence-electron chi connectivity index (χ0n) is 10.4. The van der Waals surface area contributed by atoms with Crippen LogP contribution in [0.5, 0.6) is 0 Å². The Morgan fingerprint density at radius 3 is 2.65 bits per heavy atom. The quantitative estimate of drug-likeness (QED) is 0.723. The summed E-state index contributed by atoms with van der Waals surface area (Å²) in [4.78, 5) is 37.0. The molecule has 0 aromatic heterocycles. The van der Waals surface area contributed by atoms with Gasteiger partial charge in [0, 0.05) is 39.7 Å². The van der Waals surface area contributed by atoms with Crippen molar-refractivity contribution in [3.8, 4) is 0 Å². The van der Waals surface area contributed by atoms with Crippen molar-refractivity contribution >= 4 is 28.7 Å². The van der Waals surface area contributed by atoms with E-state index in [1.54, 1.807) is 19.0 Å². The molecule has 0 spiro atoms. The maximum absolute atomic E-state index is 11.6. The van der Waals surface area contributed by atoms with Crippen molar-refractivity contribution in [2.24, 2.45) is 5.92 Å². The van der Waals surface area contributed by atoms with Crippen LogP contribution in [-0.4, -0.2) is 59.7 Å². The summed E-state index contributed by atoms with van der Waals surface area (Å²) in [7, 11) is 3.35. The molecule has 2 amide bonds. The van der Waals surface area contributed by atoms with Crippen molar-refractivity contribution in [2.75, 3.05) is 32.9 Å². The van der Waals surface area contributed by atoms with Gasteiger partial charge in [0.05, 0.1) is 6.54 Å². The lowest BCUT2D eigenvalue weighted by Crippen LogP contribution is -2.37. The standard InChI is InChI=1S/C11H18N2O3S/c1-8(14)17-7-9-4-10(15)13(5-9)6-11(16)12(2)3/h9H,4-7H2,1-3H3. The number of rotatable bonds is 4. The van der Waals surface area contributed by atoms with Gasteiger partial charge >= 0.3 is 0 Å². The highest BCUT2D eigenvalue weighted by Crippen LogP contribution is 2.22. The third kappa shape index (κ3) is 4.38. The largest absolute Gasteiger partial charge is 0.347 e. The number of carbonyl (C=O) groups is 3. The summed E-state index contributed by atoms with van der Waals surface area (Å²) in [6.45, 7) is 2.25. The van der Waals surface area contributed by atoms with E-state index in [4.69, 9.17) is 0 Å². The fourth-order valence-corrected chi connectivity index (χ4v) is 2.35. The van der Waals surface area contributed by atoms with Gasteiger partial charge in [-0.15, -0.1) is 0 Å². The molecular formula is C11H18N2O3S. The number of hydrogen-bond donors (Lipinski definition) is 0. The van der Waals surface area contributed by atoms with E-state index < -0.39 is 0 Å². The Morgan fingerprint density at radius 2 is 2.12 bits per heavy atom. The molecule has 0 aromatic carbocycles. The minimum atomic E-state index is -0.0711. The van der Waals surface area contributed by atoms with Crippen LogP contribution in [0.15, 0.2) is 0 Å². The molecule has 1 saturated heterocycles. The number of carbonyl (C=O) groups excluding carboxylic acids is 3. The first kappa shape index (κ1) is 14.0. The third-order valence-electron chi connectivity index (χ3n) is 2.64. The summed E-state index contributed by atoms with van der Waals surface area (Å²) in [5, 5.41) is 0.0697. The molecule has 0 aliphatic carbocycles. The lowest BCUT2D eigenvalue weighted by Gasteiger charge is -2.18. The maximum Gasteiger partial charge on any atom is 0.241 e. The summed E-state index contributed by atoms with van der Waals surface area (Å²) in [6.07, 6.45) is 0.445. The summed E-state index contributed by atoms with van der Waals surface area (Å²) >= 11 is 1.24. The molecule has 1 aliphatic heterocycles. The summed E-state index contributed by atoms with van der Waals surface area (Å²) in [5.41, 5.74) is 0. The van der Waals surface area contributed by atoms with Crippen LogP contribution in [0.4, 0.5) is 0 Å². The minimum absolute atomic E-state index is 0.00866. The van der Waals surface area contributed by atoms with Crippen LogP contribution >= 0.6 is 11.8 Å². The fraction of sp³-hybridized carbons (Fsp3) is 0.727. The third-order valence-corrected chi connectivity index (χ3v) is 3.69. The van der Waals surface area contributed by atoms with E-state index in [0.29, 0.717) is 18.7 Å². The van der Waals surface area contributed by atoms with Gasteiger partial charge in [-0.05, 0) is 5.92 Å². The fourth-order valence-electron chi connectivity index (χ4n) is 1.66. The Bertz CT molecular complexity index is 331. The van der Waals surface area contributed by atoms with Crippen molar-refractivity contribution in [1.82, 2.24) is 9.80 Å². The molecular weight excluding hydrogens is 240 g/mol. The average Bonchev–Trinajstić information content (AvgIpc) is 2.56. The van der Waals surface area contributed by atoms with E-state index in [0.717, 1.165) is 0 Å². The molecule has 17 heavy (non-hydrogen) atoms. The molecule has 6 heteroatoms. The van der Waals surface area contributed by atoms with Gasteiger partial charge in [0.25, 0.3) is 0 Å². The van der Waals surface area contributed by atoms with Gasteiger partial charge in [0.15, 0.2) is 5.12 Å². The molecule has 0 saturated carbocycles. The molecule has 1 unspecified atom stereocenters. The SMILES string of the molecule is CC(=O)SCC1CC(=O)N(CC(=O)N(C)C)C1. The Kier molecular flexibility index (Phi) is 4.99. The predicted octanol–water partition coefficient (Wildman–Crippen LogP) is 0.203. The molecule has 96 valence electrons. The Hall–Kier alpha value is -1.04. The molecule has 0 N–H and O–H groups in total. The van der Waals surface area contributed by atoms with Crippen LogP contribution in [0.1, 0.15) is 13.3 Å². The van der Waals surface area contributed by atoms with Gasteiger partial charge in [0.2, 0.25) is 11.8 Å². The van der Waals surface area contributed by atoms with Gasteiger partial charge < -0.3 is 9.80 Å². The van der Waals surface area contributed by atoms with Crippen molar-refractivity contribution in [3.63, 3.8) is 0 Å². The topological polar surface area (TPSA) is 57.7 Å². The van der Waals surface area contributed by atoms with E-state index in [9.17, 15) is 14.4 Å². The second-order valence-electron chi connectivity index (χ2n) is 4.44. The number of amides is 2. The van der Waals surface area contributed by atoms with E-state index in [1.165, 1.54) is 23.6 Å². The zero-order valence-corrected chi connectivity index (χ0v) is 11.2. The molecule has 5 nitrogen and oxygen atoms in total. The molecule has 0 radical (unpaired) electrons. The van der Waals surface area contributed by atoms with Crippen LogP contribution in [-0.2, 0) is 14.4 Å². The van der Waals surface area contributed by atoms with Crippen molar-refractivity contribution in [2.45, 2.75) is 13.3 Å². The van der Waals surface area contributed by atoms with Crippen molar-refractivity contribution < 1.29 is 14.4 Å². The first-order valence-corrected chi connectivity index (χ1v) is 6.50. The second kappa shape index (κ2) is 6.05. The molecule has 1 fully saturated rings. The van der Waals surface area contributed by atoms with Gasteiger partial charge in [-0.25, -0.2) is 0 Å². The lowest BCUT2D eigenvalue weighted by molar-refractivity contribution is -0.136. The van der Waals surface area contributed by atoms with Gasteiger partial charge in [-0.1, -0.05) is 11.8 Å². The molecule has 1 aliphatic rings. The predicted molar refractivity (Wildman–Crippen MR) is 66.5 cm³/mol.